The summed E-state index contributed by atoms with van der Waals surface area (Å²) >= 11 is 0. The predicted molar refractivity (Wildman–Crippen MR) is 153 cm³/mol. The lowest BCUT2D eigenvalue weighted by molar-refractivity contribution is -0.249. The van der Waals surface area contributed by atoms with Gasteiger partial charge in [0.05, 0.1) is 17.7 Å². The number of carbonyl (C=O) groups is 2. The summed E-state index contributed by atoms with van der Waals surface area (Å²) in [4.78, 5) is 29.4. The van der Waals surface area contributed by atoms with Crippen LogP contribution in [0.3, 0.4) is 0 Å². The molecule has 220 valence electrons. The number of hydrogen-bond acceptors (Lipinski definition) is 7. The molecule has 1 aliphatic heterocycles. The summed E-state index contributed by atoms with van der Waals surface area (Å²) in [6.45, 7) is 19.4. The van der Waals surface area contributed by atoms with E-state index in [1.165, 1.54) is 6.21 Å². The lowest BCUT2D eigenvalue weighted by Gasteiger charge is -2.45. The Bertz CT molecular complexity index is 796. The highest BCUT2D eigenvalue weighted by molar-refractivity contribution is 5.99. The summed E-state index contributed by atoms with van der Waals surface area (Å²) in [6.07, 6.45) is 8.20. The molecule has 4 atom stereocenters. The van der Waals surface area contributed by atoms with Crippen LogP contribution >= 0.6 is 0 Å². The first-order valence-corrected chi connectivity index (χ1v) is 14.0. The molecule has 0 fully saturated rings. The van der Waals surface area contributed by atoms with E-state index in [4.69, 9.17) is 14.2 Å². The van der Waals surface area contributed by atoms with Crippen LogP contribution in [0.2, 0.25) is 0 Å². The Kier molecular flexibility index (Phi) is 14.0. The average Bonchev–Trinajstić information content (AvgIpc) is 2.84. The number of carbonyl (C=O) groups excluding carboxylic acids is 2. The minimum absolute atomic E-state index is 0.110. The van der Waals surface area contributed by atoms with Gasteiger partial charge in [-0.3, -0.25) is 14.6 Å². The second kappa shape index (κ2) is 15.6. The Morgan fingerprint density at radius 3 is 2.26 bits per heavy atom. The third-order valence-electron chi connectivity index (χ3n) is 7.05. The van der Waals surface area contributed by atoms with Gasteiger partial charge in [-0.25, -0.2) is 0 Å². The third kappa shape index (κ3) is 12.3. The second-order valence-electron chi connectivity index (χ2n) is 12.2. The smallest absolute Gasteiger partial charge is 0.248 e. The van der Waals surface area contributed by atoms with Crippen molar-refractivity contribution in [2.24, 2.45) is 16.3 Å². The zero-order chi connectivity index (χ0) is 29.0. The molecule has 38 heavy (non-hydrogen) atoms. The molecule has 0 bridgehead atoms. The van der Waals surface area contributed by atoms with E-state index in [0.717, 1.165) is 25.7 Å². The number of hydrogen-bond donors (Lipinski definition) is 3. The van der Waals surface area contributed by atoms with Gasteiger partial charge in [0.15, 0.2) is 6.29 Å². The minimum Gasteiger partial charge on any atom is -0.385 e. The number of ether oxygens (including phenoxy) is 3. The first-order chi connectivity index (χ1) is 17.7. The highest BCUT2D eigenvalue weighted by atomic mass is 16.7. The number of nitrogens with one attached hydrogen (secondary N) is 3. The summed E-state index contributed by atoms with van der Waals surface area (Å²) in [5.74, 6) is -0.174. The molecule has 0 aromatic heterocycles. The first kappa shape index (κ1) is 34.1. The van der Waals surface area contributed by atoms with Crippen LogP contribution in [0, 0.1) is 11.3 Å². The molecule has 1 heterocycles. The van der Waals surface area contributed by atoms with Gasteiger partial charge in [0.2, 0.25) is 11.8 Å². The molecule has 0 radical (unpaired) electrons. The number of rotatable bonds is 18. The van der Waals surface area contributed by atoms with E-state index < -0.39 is 11.6 Å². The summed E-state index contributed by atoms with van der Waals surface area (Å²) < 4.78 is 18.3. The van der Waals surface area contributed by atoms with E-state index in [9.17, 15) is 9.59 Å². The molecule has 3 unspecified atom stereocenters. The standard InChI is InChI=1S/C29H54N4O5/c1-11-25(37-27(5,6)12-2)38-28(7,8)20-29(9,13-16-36-10)23(17-21(3)4)33-24(34)19-32-26(35)22-18-30-14-15-31-22/h14-15,18,21-23,25,31H,11-13,16-17,19-20H2,1-10H3,(H,32,35)(H,33,34)/t22?,23?,25?,29-/m1/s1. The molecule has 0 saturated heterocycles. The lowest BCUT2D eigenvalue weighted by atomic mass is 9.69. The van der Waals surface area contributed by atoms with E-state index in [1.54, 1.807) is 19.5 Å². The predicted octanol–water partition coefficient (Wildman–Crippen LogP) is 4.32. The Hall–Kier alpha value is -1.97. The van der Waals surface area contributed by atoms with Gasteiger partial charge >= 0.3 is 0 Å². The van der Waals surface area contributed by atoms with Crippen molar-refractivity contribution in [2.45, 2.75) is 124 Å². The molecule has 0 spiro atoms. The second-order valence-corrected chi connectivity index (χ2v) is 12.2. The molecule has 0 aromatic rings. The molecule has 0 saturated carbocycles. The van der Waals surface area contributed by atoms with Gasteiger partial charge in [0.25, 0.3) is 0 Å². The van der Waals surface area contributed by atoms with Crippen molar-refractivity contribution >= 4 is 18.0 Å². The highest BCUT2D eigenvalue weighted by Crippen LogP contribution is 2.40. The van der Waals surface area contributed by atoms with Gasteiger partial charge in [-0.15, -0.1) is 0 Å². The molecule has 1 rings (SSSR count). The summed E-state index contributed by atoms with van der Waals surface area (Å²) in [7, 11) is 1.69. The SMILES string of the molecule is CCC(OC(C)(C)CC)OC(C)(C)C[C@@](C)(CCOC)C(CC(C)C)NC(=O)CNC(=O)C1C=NC=CN1. The highest BCUT2D eigenvalue weighted by Gasteiger charge is 2.41. The number of aliphatic imine (C=N–C) groups is 1. The van der Waals surface area contributed by atoms with Gasteiger partial charge < -0.3 is 30.2 Å². The van der Waals surface area contributed by atoms with Gasteiger partial charge in [0.1, 0.15) is 6.04 Å². The van der Waals surface area contributed by atoms with Crippen molar-refractivity contribution in [1.82, 2.24) is 16.0 Å². The molecular formula is C29H54N4O5. The van der Waals surface area contributed by atoms with Crippen LogP contribution in [0.1, 0.15) is 94.4 Å². The van der Waals surface area contributed by atoms with Crippen LogP contribution in [0.25, 0.3) is 0 Å². The molecule has 3 N–H and O–H groups in total. The van der Waals surface area contributed by atoms with E-state index in [-0.39, 0.29) is 41.7 Å². The minimum atomic E-state index is -0.587. The van der Waals surface area contributed by atoms with Crippen LogP contribution in [0.5, 0.6) is 0 Å². The lowest BCUT2D eigenvalue weighted by Crippen LogP contribution is -2.54. The van der Waals surface area contributed by atoms with Crippen LogP contribution in [0.4, 0.5) is 0 Å². The zero-order valence-corrected chi connectivity index (χ0v) is 25.5. The molecular weight excluding hydrogens is 484 g/mol. The van der Waals surface area contributed by atoms with Gasteiger partial charge in [-0.2, -0.15) is 0 Å². The zero-order valence-electron chi connectivity index (χ0n) is 25.5. The average molecular weight is 539 g/mol. The Morgan fingerprint density at radius 2 is 1.74 bits per heavy atom. The van der Waals surface area contributed by atoms with E-state index in [1.807, 2.05) is 0 Å². The fraction of sp³-hybridized carbons (Fsp3) is 0.828. The van der Waals surface area contributed by atoms with Crippen LogP contribution in [0.15, 0.2) is 17.4 Å². The maximum absolute atomic E-state index is 13.0. The van der Waals surface area contributed by atoms with Crippen LogP contribution < -0.4 is 16.0 Å². The molecule has 9 heteroatoms. The van der Waals surface area contributed by atoms with Gasteiger partial charge in [-0.1, -0.05) is 34.6 Å². The summed E-state index contributed by atoms with van der Waals surface area (Å²) in [5.41, 5.74) is -1.12. The number of amides is 2. The summed E-state index contributed by atoms with van der Waals surface area (Å²) in [6, 6.07) is -0.731. The topological polar surface area (TPSA) is 110 Å². The molecule has 2 amide bonds. The number of nitrogens with zero attached hydrogens (tertiary/aromatic N) is 1. The fourth-order valence-electron chi connectivity index (χ4n) is 4.74. The van der Waals surface area contributed by atoms with Crippen molar-refractivity contribution in [1.29, 1.82) is 0 Å². The molecule has 9 nitrogen and oxygen atoms in total. The van der Waals surface area contributed by atoms with Crippen molar-refractivity contribution in [3.63, 3.8) is 0 Å². The van der Waals surface area contributed by atoms with Crippen molar-refractivity contribution < 1.29 is 23.8 Å². The summed E-state index contributed by atoms with van der Waals surface area (Å²) in [5, 5.41) is 8.85. The Labute approximate surface area is 230 Å². The van der Waals surface area contributed by atoms with Crippen molar-refractivity contribution in [3.8, 4) is 0 Å². The Balaban J connectivity index is 3.02. The molecule has 0 aliphatic carbocycles. The van der Waals surface area contributed by atoms with Crippen LogP contribution in [-0.2, 0) is 23.8 Å². The maximum atomic E-state index is 13.0. The molecule has 0 aromatic carbocycles. The van der Waals surface area contributed by atoms with Crippen LogP contribution in [-0.4, -0.2) is 67.9 Å². The van der Waals surface area contributed by atoms with E-state index >= 15 is 0 Å². The quantitative estimate of drug-likeness (QED) is 0.224. The van der Waals surface area contributed by atoms with Crippen molar-refractivity contribution in [3.05, 3.63) is 12.4 Å². The maximum Gasteiger partial charge on any atom is 0.248 e. The first-order valence-electron chi connectivity index (χ1n) is 14.0. The molecule has 1 aliphatic rings. The normalized spacial score (nSPS) is 19.0. The fourth-order valence-corrected chi connectivity index (χ4v) is 4.74. The Morgan fingerprint density at radius 1 is 1.08 bits per heavy atom. The largest absolute Gasteiger partial charge is 0.385 e. The van der Waals surface area contributed by atoms with Crippen molar-refractivity contribution in [2.75, 3.05) is 20.3 Å². The number of methoxy groups -OCH3 is 1. The van der Waals surface area contributed by atoms with E-state index in [0.29, 0.717) is 18.9 Å². The third-order valence-corrected chi connectivity index (χ3v) is 7.05. The van der Waals surface area contributed by atoms with Gasteiger partial charge in [0, 0.05) is 38.4 Å². The van der Waals surface area contributed by atoms with E-state index in [2.05, 4.69) is 83.3 Å². The monoisotopic (exact) mass is 538 g/mol. The van der Waals surface area contributed by atoms with Gasteiger partial charge in [-0.05, 0) is 71.1 Å².